The van der Waals surface area contributed by atoms with Crippen molar-refractivity contribution in [1.82, 2.24) is 9.88 Å². The van der Waals surface area contributed by atoms with Crippen LogP contribution in [0.4, 0.5) is 4.39 Å². The van der Waals surface area contributed by atoms with Gasteiger partial charge in [0.15, 0.2) is 5.43 Å². The zero-order valence-corrected chi connectivity index (χ0v) is 11.3. The van der Waals surface area contributed by atoms with E-state index in [-0.39, 0.29) is 35.2 Å². The van der Waals surface area contributed by atoms with Crippen LogP contribution in [0.15, 0.2) is 29.1 Å². The van der Waals surface area contributed by atoms with Gasteiger partial charge in [0.05, 0.1) is 18.2 Å². The molecule has 6 heteroatoms. The molecule has 0 spiro atoms. The highest BCUT2D eigenvalue weighted by Gasteiger charge is 2.29. The number of aromatic nitrogens is 1. The van der Waals surface area contributed by atoms with Crippen molar-refractivity contribution in [2.24, 2.45) is 0 Å². The summed E-state index contributed by atoms with van der Waals surface area (Å²) in [6.07, 6.45) is 1.54. The molecule has 1 aromatic carbocycles. The number of nitrogens with zero attached hydrogens (tertiary/aromatic N) is 1. The number of halogens is 1. The summed E-state index contributed by atoms with van der Waals surface area (Å²) in [4.78, 5) is 28.7. The summed E-state index contributed by atoms with van der Waals surface area (Å²) in [5.41, 5.74) is -0.308. The van der Waals surface area contributed by atoms with Crippen LogP contribution in [0, 0.1) is 5.82 Å². The van der Waals surface area contributed by atoms with Gasteiger partial charge in [-0.05, 0) is 25.0 Å². The smallest absolute Gasteiger partial charge is 0.270 e. The van der Waals surface area contributed by atoms with E-state index in [0.29, 0.717) is 6.54 Å². The van der Waals surface area contributed by atoms with E-state index in [2.05, 4.69) is 4.98 Å². The standard InChI is InChI=1S/C15H15FN2O3/c16-11-5-1-4-10-13(20)7-12(17-14(10)11)15(21)18-6-2-3-9(18)8-19/h1,4-5,7,9,19H,2-3,6,8H2,(H,17,20)/t9-/m1/s1. The minimum atomic E-state index is -0.570. The monoisotopic (exact) mass is 290 g/mol. The van der Waals surface area contributed by atoms with Gasteiger partial charge in [-0.1, -0.05) is 6.07 Å². The largest absolute Gasteiger partial charge is 0.394 e. The maximum atomic E-state index is 13.8. The Hall–Kier alpha value is -2.21. The molecule has 1 aliphatic rings. The molecule has 2 heterocycles. The number of pyridine rings is 1. The van der Waals surface area contributed by atoms with Crippen molar-refractivity contribution < 1.29 is 14.3 Å². The fraction of sp³-hybridized carbons (Fsp3) is 0.333. The summed E-state index contributed by atoms with van der Waals surface area (Å²) in [7, 11) is 0. The van der Waals surface area contributed by atoms with Gasteiger partial charge >= 0.3 is 0 Å². The lowest BCUT2D eigenvalue weighted by atomic mass is 10.1. The van der Waals surface area contributed by atoms with Gasteiger partial charge in [-0.25, -0.2) is 4.39 Å². The molecule has 110 valence electrons. The summed E-state index contributed by atoms with van der Waals surface area (Å²) in [6, 6.07) is 5.15. The lowest BCUT2D eigenvalue weighted by molar-refractivity contribution is 0.0672. The number of carbonyl (C=O) groups is 1. The Balaban J connectivity index is 2.07. The maximum Gasteiger partial charge on any atom is 0.270 e. The van der Waals surface area contributed by atoms with Crippen molar-refractivity contribution in [3.63, 3.8) is 0 Å². The van der Waals surface area contributed by atoms with E-state index in [1.54, 1.807) is 0 Å². The molecule has 1 saturated heterocycles. The first kappa shape index (κ1) is 13.8. The third-order valence-electron chi connectivity index (χ3n) is 3.89. The molecule has 2 N–H and O–H groups in total. The highest BCUT2D eigenvalue weighted by Crippen LogP contribution is 2.20. The first-order valence-electron chi connectivity index (χ1n) is 6.85. The second-order valence-electron chi connectivity index (χ2n) is 5.19. The average molecular weight is 290 g/mol. The van der Waals surface area contributed by atoms with E-state index in [9.17, 15) is 19.1 Å². The lowest BCUT2D eigenvalue weighted by Gasteiger charge is -2.22. The molecule has 0 saturated carbocycles. The van der Waals surface area contributed by atoms with E-state index in [4.69, 9.17) is 0 Å². The molecule has 0 unspecified atom stereocenters. The molecular formula is C15H15FN2O3. The number of rotatable bonds is 2. The molecular weight excluding hydrogens is 275 g/mol. The Labute approximate surface area is 120 Å². The number of carbonyl (C=O) groups excluding carboxylic acids is 1. The Morgan fingerprint density at radius 3 is 3.05 bits per heavy atom. The van der Waals surface area contributed by atoms with Gasteiger partial charge in [-0.15, -0.1) is 0 Å². The molecule has 21 heavy (non-hydrogen) atoms. The summed E-state index contributed by atoms with van der Waals surface area (Å²) in [6.45, 7) is 0.416. The number of likely N-dealkylation sites (tertiary alicyclic amines) is 1. The van der Waals surface area contributed by atoms with E-state index in [1.165, 1.54) is 29.2 Å². The molecule has 1 amide bonds. The summed E-state index contributed by atoms with van der Waals surface area (Å²) in [5, 5.41) is 9.49. The normalized spacial score (nSPS) is 18.4. The number of benzene rings is 1. The Morgan fingerprint density at radius 2 is 2.29 bits per heavy atom. The van der Waals surface area contributed by atoms with Crippen molar-refractivity contribution in [1.29, 1.82) is 0 Å². The summed E-state index contributed by atoms with van der Waals surface area (Å²) >= 11 is 0. The zero-order chi connectivity index (χ0) is 15.0. The summed E-state index contributed by atoms with van der Waals surface area (Å²) in [5.74, 6) is -0.951. The second-order valence-corrected chi connectivity index (χ2v) is 5.19. The van der Waals surface area contributed by atoms with Crippen LogP contribution in [0.2, 0.25) is 0 Å². The Kier molecular flexibility index (Phi) is 3.47. The Bertz CT molecular complexity index is 756. The van der Waals surface area contributed by atoms with Crippen LogP contribution >= 0.6 is 0 Å². The van der Waals surface area contributed by atoms with E-state index >= 15 is 0 Å². The van der Waals surface area contributed by atoms with Crippen molar-refractivity contribution in [2.45, 2.75) is 18.9 Å². The minimum Gasteiger partial charge on any atom is -0.394 e. The number of nitrogens with one attached hydrogen (secondary N) is 1. The zero-order valence-electron chi connectivity index (χ0n) is 11.3. The average Bonchev–Trinajstić information content (AvgIpc) is 2.96. The number of aliphatic hydroxyl groups is 1. The van der Waals surface area contributed by atoms with Gasteiger partial charge < -0.3 is 15.0 Å². The minimum absolute atomic E-state index is 0.0353. The highest BCUT2D eigenvalue weighted by molar-refractivity contribution is 5.95. The van der Waals surface area contributed by atoms with Crippen LogP contribution in [-0.2, 0) is 0 Å². The predicted octanol–water partition coefficient (Wildman–Crippen LogP) is 1.26. The molecule has 0 radical (unpaired) electrons. The molecule has 5 nitrogen and oxygen atoms in total. The number of H-pyrrole nitrogens is 1. The topological polar surface area (TPSA) is 73.4 Å². The molecule has 1 aromatic heterocycles. The highest BCUT2D eigenvalue weighted by atomic mass is 19.1. The van der Waals surface area contributed by atoms with Gasteiger partial charge in [-0.2, -0.15) is 0 Å². The second kappa shape index (κ2) is 5.29. The third kappa shape index (κ3) is 2.31. The fourth-order valence-corrected chi connectivity index (χ4v) is 2.80. The number of amides is 1. The van der Waals surface area contributed by atoms with E-state index in [0.717, 1.165) is 12.8 Å². The molecule has 3 rings (SSSR count). The number of aromatic amines is 1. The molecule has 2 aromatic rings. The first-order chi connectivity index (χ1) is 10.1. The maximum absolute atomic E-state index is 13.8. The van der Waals surface area contributed by atoms with E-state index < -0.39 is 11.2 Å². The SMILES string of the molecule is O=C(c1cc(=O)c2cccc(F)c2[nH]1)N1CCC[C@@H]1CO. The van der Waals surface area contributed by atoms with Crippen molar-refractivity contribution in [3.05, 3.63) is 46.0 Å². The van der Waals surface area contributed by atoms with Crippen LogP contribution in [0.5, 0.6) is 0 Å². The van der Waals surface area contributed by atoms with Gasteiger partial charge in [0.2, 0.25) is 0 Å². The van der Waals surface area contributed by atoms with Crippen molar-refractivity contribution >= 4 is 16.8 Å². The third-order valence-corrected chi connectivity index (χ3v) is 3.89. The van der Waals surface area contributed by atoms with Gasteiger partial charge in [0.1, 0.15) is 11.5 Å². The molecule has 0 bridgehead atoms. The molecule has 0 aliphatic carbocycles. The number of fused-ring (bicyclic) bond motifs is 1. The van der Waals surface area contributed by atoms with Crippen molar-refractivity contribution in [2.75, 3.05) is 13.2 Å². The lowest BCUT2D eigenvalue weighted by Crippen LogP contribution is -2.38. The van der Waals surface area contributed by atoms with Crippen LogP contribution in [0.25, 0.3) is 10.9 Å². The molecule has 1 atom stereocenters. The quantitative estimate of drug-likeness (QED) is 0.874. The molecule has 1 fully saturated rings. The van der Waals surface area contributed by atoms with Gasteiger partial charge in [-0.3, -0.25) is 9.59 Å². The van der Waals surface area contributed by atoms with Crippen LogP contribution in [0.1, 0.15) is 23.3 Å². The van der Waals surface area contributed by atoms with Gasteiger partial charge in [0.25, 0.3) is 5.91 Å². The number of hydrogen-bond donors (Lipinski definition) is 2. The molecule has 1 aliphatic heterocycles. The number of aliphatic hydroxyl groups excluding tert-OH is 1. The fourth-order valence-electron chi connectivity index (χ4n) is 2.80. The number of hydrogen-bond acceptors (Lipinski definition) is 3. The van der Waals surface area contributed by atoms with Crippen LogP contribution in [0.3, 0.4) is 0 Å². The van der Waals surface area contributed by atoms with Crippen LogP contribution in [-0.4, -0.2) is 40.1 Å². The van der Waals surface area contributed by atoms with E-state index in [1.807, 2.05) is 0 Å². The Morgan fingerprint density at radius 1 is 1.48 bits per heavy atom. The van der Waals surface area contributed by atoms with Crippen LogP contribution < -0.4 is 5.43 Å². The summed E-state index contributed by atoms with van der Waals surface area (Å²) < 4.78 is 13.8. The number of para-hydroxylation sites is 1. The van der Waals surface area contributed by atoms with Crippen molar-refractivity contribution in [3.8, 4) is 0 Å². The first-order valence-corrected chi connectivity index (χ1v) is 6.85. The van der Waals surface area contributed by atoms with Gasteiger partial charge in [0, 0.05) is 18.0 Å². The predicted molar refractivity (Wildman–Crippen MR) is 75.7 cm³/mol.